The molecule has 1 aliphatic rings. The van der Waals surface area contributed by atoms with Gasteiger partial charge in [0.15, 0.2) is 0 Å². The van der Waals surface area contributed by atoms with Gasteiger partial charge >= 0.3 is 6.03 Å². The normalized spacial score (nSPS) is 19.2. The van der Waals surface area contributed by atoms with Gasteiger partial charge in [0.1, 0.15) is 11.8 Å². The van der Waals surface area contributed by atoms with Crippen LogP contribution in [0.15, 0.2) is 24.3 Å². The molecular formula is C16H23N3O4. The van der Waals surface area contributed by atoms with Crippen LogP contribution in [-0.2, 0) is 4.79 Å². The molecule has 3 amide bonds. The van der Waals surface area contributed by atoms with Gasteiger partial charge in [-0.25, -0.2) is 4.79 Å². The van der Waals surface area contributed by atoms with E-state index in [-0.39, 0.29) is 12.5 Å². The Morgan fingerprint density at radius 2 is 2.13 bits per heavy atom. The molecule has 2 rings (SSSR count). The zero-order chi connectivity index (χ0) is 16.7. The first-order chi connectivity index (χ1) is 11.1. The number of benzene rings is 1. The van der Waals surface area contributed by atoms with Crippen LogP contribution in [0.4, 0.5) is 4.79 Å². The van der Waals surface area contributed by atoms with Crippen LogP contribution in [0, 0.1) is 0 Å². The number of urea groups is 1. The minimum atomic E-state index is -0.824. The Morgan fingerprint density at radius 3 is 2.83 bits per heavy atom. The summed E-state index contributed by atoms with van der Waals surface area (Å²) >= 11 is 0. The number of nitrogens with one attached hydrogen (secondary N) is 3. The van der Waals surface area contributed by atoms with Gasteiger partial charge < -0.3 is 25.8 Å². The average molecular weight is 321 g/mol. The van der Waals surface area contributed by atoms with E-state index in [9.17, 15) is 14.7 Å². The second kappa shape index (κ2) is 8.38. The predicted molar refractivity (Wildman–Crippen MR) is 85.1 cm³/mol. The highest BCUT2D eigenvalue weighted by molar-refractivity contribution is 5.87. The van der Waals surface area contributed by atoms with Gasteiger partial charge in [0.25, 0.3) is 0 Å². The van der Waals surface area contributed by atoms with Crippen LogP contribution >= 0.6 is 0 Å². The number of rotatable bonds is 5. The lowest BCUT2D eigenvalue weighted by Crippen LogP contribution is -2.49. The SMILES string of the molecule is COc1ccc([C@H](O)CNC(=O)N[C@H]2CCCCNC2=O)cc1. The fourth-order valence-electron chi connectivity index (χ4n) is 2.42. The maximum Gasteiger partial charge on any atom is 0.315 e. The van der Waals surface area contributed by atoms with E-state index >= 15 is 0 Å². The van der Waals surface area contributed by atoms with Crippen molar-refractivity contribution >= 4 is 11.9 Å². The largest absolute Gasteiger partial charge is 0.497 e. The molecule has 0 aromatic heterocycles. The monoisotopic (exact) mass is 321 g/mol. The third-order valence-electron chi connectivity index (χ3n) is 3.80. The molecule has 126 valence electrons. The van der Waals surface area contributed by atoms with Crippen LogP contribution in [0.3, 0.4) is 0 Å². The van der Waals surface area contributed by atoms with Crippen molar-refractivity contribution in [3.8, 4) is 5.75 Å². The van der Waals surface area contributed by atoms with Crippen LogP contribution in [0.2, 0.25) is 0 Å². The van der Waals surface area contributed by atoms with Crippen LogP contribution in [-0.4, -0.2) is 43.3 Å². The Balaban J connectivity index is 1.79. The molecule has 0 aliphatic carbocycles. The van der Waals surface area contributed by atoms with Gasteiger partial charge in [-0.3, -0.25) is 4.79 Å². The predicted octanol–water partition coefficient (Wildman–Crippen LogP) is 0.696. The number of hydrogen-bond acceptors (Lipinski definition) is 4. The molecule has 0 spiro atoms. The first-order valence-electron chi connectivity index (χ1n) is 7.74. The maximum atomic E-state index is 11.9. The zero-order valence-electron chi connectivity index (χ0n) is 13.2. The fourth-order valence-corrected chi connectivity index (χ4v) is 2.42. The third-order valence-corrected chi connectivity index (χ3v) is 3.80. The Morgan fingerprint density at radius 1 is 1.39 bits per heavy atom. The van der Waals surface area contributed by atoms with Gasteiger partial charge in [0.05, 0.1) is 13.2 Å². The Hall–Kier alpha value is -2.28. The van der Waals surface area contributed by atoms with Crippen molar-refractivity contribution in [2.45, 2.75) is 31.4 Å². The Bertz CT molecular complexity index is 533. The third kappa shape index (κ3) is 5.14. The molecule has 4 N–H and O–H groups in total. The number of amides is 3. The zero-order valence-corrected chi connectivity index (χ0v) is 13.2. The van der Waals surface area contributed by atoms with Crippen molar-refractivity contribution in [3.05, 3.63) is 29.8 Å². The van der Waals surface area contributed by atoms with E-state index in [1.54, 1.807) is 31.4 Å². The van der Waals surface area contributed by atoms with Crippen LogP contribution in [0.5, 0.6) is 5.75 Å². The van der Waals surface area contributed by atoms with Crippen LogP contribution in [0.1, 0.15) is 30.9 Å². The van der Waals surface area contributed by atoms with Crippen molar-refractivity contribution in [3.63, 3.8) is 0 Å². The lowest BCUT2D eigenvalue weighted by molar-refractivity contribution is -0.122. The summed E-state index contributed by atoms with van der Waals surface area (Å²) in [6.45, 7) is 0.710. The molecule has 7 nitrogen and oxygen atoms in total. The highest BCUT2D eigenvalue weighted by atomic mass is 16.5. The average Bonchev–Trinajstić information content (AvgIpc) is 2.77. The summed E-state index contributed by atoms with van der Waals surface area (Å²) in [5.41, 5.74) is 0.679. The van der Waals surface area contributed by atoms with Crippen LogP contribution < -0.4 is 20.7 Å². The quantitative estimate of drug-likeness (QED) is 0.641. The molecule has 0 unspecified atom stereocenters. The summed E-state index contributed by atoms with van der Waals surface area (Å²) in [6.07, 6.45) is 1.61. The van der Waals surface area contributed by atoms with Crippen molar-refractivity contribution in [1.82, 2.24) is 16.0 Å². The highest BCUT2D eigenvalue weighted by Gasteiger charge is 2.22. The number of carbonyl (C=O) groups is 2. The molecule has 0 radical (unpaired) electrons. The molecule has 0 saturated carbocycles. The standard InChI is InChI=1S/C16H23N3O4/c1-23-12-7-5-11(6-8-12)14(20)10-18-16(22)19-13-4-2-3-9-17-15(13)21/h5-8,13-14,20H,2-4,9-10H2,1H3,(H,17,21)(H2,18,19,22)/t13-,14+/m0/s1. The van der Waals surface area contributed by atoms with E-state index in [2.05, 4.69) is 16.0 Å². The topological polar surface area (TPSA) is 99.7 Å². The number of ether oxygens (including phenoxy) is 1. The molecule has 23 heavy (non-hydrogen) atoms. The molecule has 2 atom stereocenters. The molecule has 1 aromatic rings. The molecule has 1 heterocycles. The van der Waals surface area contributed by atoms with Gasteiger partial charge in [0, 0.05) is 13.1 Å². The lowest BCUT2D eigenvalue weighted by atomic mass is 10.1. The second-order valence-corrected chi connectivity index (χ2v) is 5.48. The highest BCUT2D eigenvalue weighted by Crippen LogP contribution is 2.16. The van der Waals surface area contributed by atoms with Crippen molar-refractivity contribution < 1.29 is 19.4 Å². The van der Waals surface area contributed by atoms with E-state index in [0.29, 0.717) is 24.3 Å². The summed E-state index contributed by atoms with van der Waals surface area (Å²) in [4.78, 5) is 23.6. The van der Waals surface area contributed by atoms with Gasteiger partial charge in [-0.15, -0.1) is 0 Å². The van der Waals surface area contributed by atoms with Crippen molar-refractivity contribution in [2.24, 2.45) is 0 Å². The first-order valence-corrected chi connectivity index (χ1v) is 7.74. The smallest absolute Gasteiger partial charge is 0.315 e. The van der Waals surface area contributed by atoms with E-state index < -0.39 is 18.2 Å². The molecule has 0 bridgehead atoms. The number of aliphatic hydroxyl groups excluding tert-OH is 1. The molecule has 7 heteroatoms. The van der Waals surface area contributed by atoms with Gasteiger partial charge in [-0.05, 0) is 37.0 Å². The molecule has 1 aromatic carbocycles. The van der Waals surface area contributed by atoms with Crippen molar-refractivity contribution in [1.29, 1.82) is 0 Å². The Kier molecular flexibility index (Phi) is 6.22. The number of methoxy groups -OCH3 is 1. The molecule has 1 saturated heterocycles. The van der Waals surface area contributed by atoms with Gasteiger partial charge in [-0.1, -0.05) is 12.1 Å². The van der Waals surface area contributed by atoms with Crippen molar-refractivity contribution in [2.75, 3.05) is 20.2 Å². The first kappa shape index (κ1) is 17.1. The van der Waals surface area contributed by atoms with Gasteiger partial charge in [-0.2, -0.15) is 0 Å². The second-order valence-electron chi connectivity index (χ2n) is 5.48. The van der Waals surface area contributed by atoms with E-state index in [4.69, 9.17) is 4.74 Å². The summed E-state index contributed by atoms with van der Waals surface area (Å²) in [7, 11) is 1.57. The summed E-state index contributed by atoms with van der Waals surface area (Å²) in [6, 6.07) is 5.99. The summed E-state index contributed by atoms with van der Waals surface area (Å²) in [5.74, 6) is 0.541. The molecule has 1 fully saturated rings. The van der Waals surface area contributed by atoms with E-state index in [0.717, 1.165) is 12.8 Å². The lowest BCUT2D eigenvalue weighted by Gasteiger charge is -2.17. The minimum absolute atomic E-state index is 0.0620. The molecular weight excluding hydrogens is 298 g/mol. The van der Waals surface area contributed by atoms with E-state index in [1.165, 1.54) is 0 Å². The van der Waals surface area contributed by atoms with Crippen LogP contribution in [0.25, 0.3) is 0 Å². The minimum Gasteiger partial charge on any atom is -0.497 e. The number of carbonyl (C=O) groups excluding carboxylic acids is 2. The number of hydrogen-bond donors (Lipinski definition) is 4. The fraction of sp³-hybridized carbons (Fsp3) is 0.500. The van der Waals surface area contributed by atoms with E-state index in [1.807, 2.05) is 0 Å². The summed E-state index contributed by atoms with van der Waals surface area (Å²) < 4.78 is 5.05. The maximum absolute atomic E-state index is 11.9. The number of aliphatic hydroxyl groups is 1. The Labute approximate surface area is 135 Å². The summed E-state index contributed by atoms with van der Waals surface area (Å²) in [5, 5.41) is 18.1. The molecule has 1 aliphatic heterocycles. The van der Waals surface area contributed by atoms with Gasteiger partial charge in [0.2, 0.25) is 5.91 Å².